The average molecular weight is 258 g/mol. The number of hydrogen-bond acceptors (Lipinski definition) is 5. The maximum absolute atomic E-state index is 9.34. The highest BCUT2D eigenvalue weighted by Gasteiger charge is 2.08. The van der Waals surface area contributed by atoms with Gasteiger partial charge in [-0.1, -0.05) is 0 Å². The Bertz CT molecular complexity index is 714. The zero-order valence-electron chi connectivity index (χ0n) is 10.4. The van der Waals surface area contributed by atoms with Gasteiger partial charge in [-0.15, -0.1) is 0 Å². The van der Waals surface area contributed by atoms with Crippen LogP contribution in [0.25, 0.3) is 16.6 Å². The van der Waals surface area contributed by atoms with Crippen molar-refractivity contribution in [3.05, 3.63) is 31.0 Å². The van der Waals surface area contributed by atoms with Crippen molar-refractivity contribution in [1.29, 1.82) is 0 Å². The summed E-state index contributed by atoms with van der Waals surface area (Å²) in [7, 11) is 0. The molecule has 0 aliphatic rings. The molecule has 0 fully saturated rings. The highest BCUT2D eigenvalue weighted by molar-refractivity contribution is 5.75. The van der Waals surface area contributed by atoms with Crippen molar-refractivity contribution >= 4 is 11.3 Å². The number of aliphatic hydroxyl groups is 1. The van der Waals surface area contributed by atoms with Crippen molar-refractivity contribution in [2.75, 3.05) is 5.73 Å². The van der Waals surface area contributed by atoms with Gasteiger partial charge in [-0.05, 0) is 13.0 Å². The zero-order chi connectivity index (χ0) is 13.4. The fourth-order valence-corrected chi connectivity index (χ4v) is 1.99. The molecule has 0 spiro atoms. The van der Waals surface area contributed by atoms with Gasteiger partial charge in [-0.25, -0.2) is 9.50 Å². The number of fused-ring (bicyclic) bond motifs is 1. The summed E-state index contributed by atoms with van der Waals surface area (Å²) in [5, 5.41) is 17.6. The summed E-state index contributed by atoms with van der Waals surface area (Å²) >= 11 is 0. The van der Waals surface area contributed by atoms with E-state index in [0.29, 0.717) is 12.4 Å². The molecule has 0 bridgehead atoms. The summed E-state index contributed by atoms with van der Waals surface area (Å²) in [6.07, 6.45) is 6.49. The van der Waals surface area contributed by atoms with Crippen LogP contribution >= 0.6 is 0 Å². The highest BCUT2D eigenvalue weighted by Crippen LogP contribution is 2.23. The van der Waals surface area contributed by atoms with Crippen molar-refractivity contribution in [2.24, 2.45) is 0 Å². The molecule has 1 atom stereocenters. The van der Waals surface area contributed by atoms with Crippen molar-refractivity contribution in [3.63, 3.8) is 0 Å². The van der Waals surface area contributed by atoms with Gasteiger partial charge in [-0.2, -0.15) is 10.2 Å². The molecular formula is C12H14N6O. The van der Waals surface area contributed by atoms with Crippen LogP contribution < -0.4 is 5.73 Å². The Morgan fingerprint density at radius 2 is 2.16 bits per heavy atom. The maximum Gasteiger partial charge on any atom is 0.151 e. The van der Waals surface area contributed by atoms with Crippen molar-refractivity contribution in [1.82, 2.24) is 24.4 Å². The van der Waals surface area contributed by atoms with E-state index in [1.54, 1.807) is 22.3 Å². The maximum atomic E-state index is 9.34. The van der Waals surface area contributed by atoms with Crippen LogP contribution in [0.1, 0.15) is 6.92 Å². The SMILES string of the molecule is C[C@H](O)Cn1cc(-c2cc3c(N)ncnn3c2)cn1. The molecule has 0 aliphatic heterocycles. The van der Waals surface area contributed by atoms with Gasteiger partial charge in [0, 0.05) is 23.5 Å². The third-order valence-electron chi connectivity index (χ3n) is 2.85. The molecule has 3 N–H and O–H groups in total. The smallest absolute Gasteiger partial charge is 0.151 e. The highest BCUT2D eigenvalue weighted by atomic mass is 16.3. The van der Waals surface area contributed by atoms with Crippen LogP contribution in [0.5, 0.6) is 0 Å². The molecule has 0 aromatic carbocycles. The van der Waals surface area contributed by atoms with Gasteiger partial charge in [0.2, 0.25) is 0 Å². The molecule has 0 aliphatic carbocycles. The number of nitrogen functional groups attached to an aromatic ring is 1. The molecule has 0 saturated heterocycles. The fraction of sp³-hybridized carbons (Fsp3) is 0.250. The molecule has 3 aromatic rings. The van der Waals surface area contributed by atoms with E-state index in [2.05, 4.69) is 15.2 Å². The summed E-state index contributed by atoms with van der Waals surface area (Å²) < 4.78 is 3.39. The van der Waals surface area contributed by atoms with E-state index < -0.39 is 6.10 Å². The Hall–Kier alpha value is -2.41. The number of nitrogens with zero attached hydrogens (tertiary/aromatic N) is 5. The Morgan fingerprint density at radius 1 is 1.32 bits per heavy atom. The van der Waals surface area contributed by atoms with Crippen molar-refractivity contribution < 1.29 is 5.11 Å². The normalized spacial score (nSPS) is 12.9. The molecule has 3 aromatic heterocycles. The standard InChI is InChI=1S/C12H14N6O/c1-8(19)4-17-5-10(3-15-17)9-2-11-12(13)14-7-16-18(11)6-9/h2-3,5-8,19H,4H2,1H3,(H2,13,14,16)/t8-/m0/s1. The predicted molar refractivity (Wildman–Crippen MR) is 70.3 cm³/mol. The predicted octanol–water partition coefficient (Wildman–Crippen LogP) is 0.556. The van der Waals surface area contributed by atoms with E-state index in [9.17, 15) is 5.11 Å². The first-order valence-electron chi connectivity index (χ1n) is 5.93. The quantitative estimate of drug-likeness (QED) is 0.715. The van der Waals surface area contributed by atoms with E-state index in [-0.39, 0.29) is 0 Å². The third kappa shape index (κ3) is 2.15. The van der Waals surface area contributed by atoms with E-state index >= 15 is 0 Å². The van der Waals surface area contributed by atoms with Crippen LogP contribution in [-0.2, 0) is 6.54 Å². The van der Waals surface area contributed by atoms with Gasteiger partial charge >= 0.3 is 0 Å². The van der Waals surface area contributed by atoms with E-state index in [1.165, 1.54) is 6.33 Å². The Kier molecular flexibility index (Phi) is 2.68. The summed E-state index contributed by atoms with van der Waals surface area (Å²) in [5.41, 5.74) is 8.47. The van der Waals surface area contributed by atoms with Crippen molar-refractivity contribution in [3.8, 4) is 11.1 Å². The second-order valence-electron chi connectivity index (χ2n) is 4.50. The minimum Gasteiger partial charge on any atom is -0.391 e. The first-order chi connectivity index (χ1) is 9.13. The van der Waals surface area contributed by atoms with Crippen LogP contribution in [0.15, 0.2) is 31.0 Å². The molecule has 19 heavy (non-hydrogen) atoms. The van der Waals surface area contributed by atoms with E-state index in [1.807, 2.05) is 18.5 Å². The van der Waals surface area contributed by atoms with Crippen LogP contribution in [0.2, 0.25) is 0 Å². The minimum absolute atomic E-state index is 0.428. The number of anilines is 1. The zero-order valence-corrected chi connectivity index (χ0v) is 10.4. The number of nitrogens with two attached hydrogens (primary N) is 1. The van der Waals surface area contributed by atoms with Gasteiger partial charge in [0.05, 0.1) is 18.8 Å². The molecule has 7 nitrogen and oxygen atoms in total. The number of rotatable bonds is 3. The van der Waals surface area contributed by atoms with E-state index in [4.69, 9.17) is 5.73 Å². The molecule has 3 rings (SSSR count). The third-order valence-corrected chi connectivity index (χ3v) is 2.85. The molecule has 0 unspecified atom stereocenters. The molecule has 3 heterocycles. The van der Waals surface area contributed by atoms with Crippen LogP contribution in [0, 0.1) is 0 Å². The lowest BCUT2D eigenvalue weighted by Gasteiger charge is -2.02. The van der Waals surface area contributed by atoms with Gasteiger partial charge < -0.3 is 10.8 Å². The molecule has 98 valence electrons. The monoisotopic (exact) mass is 258 g/mol. The second kappa shape index (κ2) is 4.36. The number of aromatic nitrogens is 5. The fourth-order valence-electron chi connectivity index (χ4n) is 1.99. The lowest BCUT2D eigenvalue weighted by Crippen LogP contribution is -2.11. The van der Waals surface area contributed by atoms with E-state index in [0.717, 1.165) is 16.6 Å². The van der Waals surface area contributed by atoms with Crippen LogP contribution in [-0.4, -0.2) is 35.6 Å². The van der Waals surface area contributed by atoms with Crippen LogP contribution in [0.3, 0.4) is 0 Å². The van der Waals surface area contributed by atoms with Gasteiger partial charge in [0.15, 0.2) is 5.82 Å². The lowest BCUT2D eigenvalue weighted by atomic mass is 10.2. The van der Waals surface area contributed by atoms with Gasteiger partial charge in [0.25, 0.3) is 0 Å². The summed E-state index contributed by atoms with van der Waals surface area (Å²) in [4.78, 5) is 3.95. The molecule has 0 amide bonds. The Morgan fingerprint density at radius 3 is 2.89 bits per heavy atom. The summed E-state index contributed by atoms with van der Waals surface area (Å²) in [6.45, 7) is 2.19. The summed E-state index contributed by atoms with van der Waals surface area (Å²) in [5.74, 6) is 0.442. The molecule has 7 heteroatoms. The molecule has 0 radical (unpaired) electrons. The van der Waals surface area contributed by atoms with Gasteiger partial charge in [-0.3, -0.25) is 4.68 Å². The average Bonchev–Trinajstić information content (AvgIpc) is 2.94. The van der Waals surface area contributed by atoms with Crippen molar-refractivity contribution in [2.45, 2.75) is 19.6 Å². The largest absolute Gasteiger partial charge is 0.391 e. The molecular weight excluding hydrogens is 244 g/mol. The van der Waals surface area contributed by atoms with Crippen LogP contribution in [0.4, 0.5) is 5.82 Å². The first-order valence-corrected chi connectivity index (χ1v) is 5.93. The second-order valence-corrected chi connectivity index (χ2v) is 4.50. The van der Waals surface area contributed by atoms with Gasteiger partial charge in [0.1, 0.15) is 11.8 Å². The minimum atomic E-state index is -0.428. The number of hydrogen-bond donors (Lipinski definition) is 2. The Balaban J connectivity index is 2.00. The first kappa shape index (κ1) is 11.7. The Labute approximate surface area is 109 Å². The topological polar surface area (TPSA) is 94.3 Å². The molecule has 0 saturated carbocycles. The number of aliphatic hydroxyl groups excluding tert-OH is 1. The summed E-state index contributed by atoms with van der Waals surface area (Å²) in [6, 6.07) is 1.92. The lowest BCUT2D eigenvalue weighted by molar-refractivity contribution is 0.168.